The van der Waals surface area contributed by atoms with E-state index in [2.05, 4.69) is 43.0 Å². The van der Waals surface area contributed by atoms with Crippen molar-refractivity contribution in [2.75, 3.05) is 24.7 Å². The number of fused-ring (bicyclic) bond motifs is 1. The fourth-order valence-electron chi connectivity index (χ4n) is 3.04. The van der Waals surface area contributed by atoms with Gasteiger partial charge in [0.05, 0.1) is 18.8 Å². The first-order chi connectivity index (χ1) is 10.0. The highest BCUT2D eigenvalue weighted by Crippen LogP contribution is 2.34. The number of ether oxygens (including phenoxy) is 1. The molecule has 0 amide bonds. The maximum atomic E-state index is 5.86. The van der Waals surface area contributed by atoms with Gasteiger partial charge in [-0.2, -0.15) is 0 Å². The molecule has 0 bridgehead atoms. The Bertz CT molecular complexity index is 696. The van der Waals surface area contributed by atoms with E-state index in [1.54, 1.807) is 0 Å². The number of hydrogen-bond acceptors (Lipinski definition) is 3. The molecule has 2 aromatic carbocycles. The van der Waals surface area contributed by atoms with Gasteiger partial charge in [0.2, 0.25) is 0 Å². The van der Waals surface area contributed by atoms with Gasteiger partial charge in [0.15, 0.2) is 0 Å². The number of rotatable bonds is 2. The molecule has 2 N–H and O–H groups in total. The predicted octanol–water partition coefficient (Wildman–Crippen LogP) is 3.09. The molecule has 4 heteroatoms. The van der Waals surface area contributed by atoms with E-state index in [0.29, 0.717) is 4.99 Å². The molecule has 1 aliphatic heterocycles. The molecule has 1 saturated heterocycles. The number of thiocarbonyl (C=S) groups is 1. The lowest BCUT2D eigenvalue weighted by molar-refractivity contribution is 0.0646. The van der Waals surface area contributed by atoms with Crippen LogP contribution in [0.25, 0.3) is 10.8 Å². The van der Waals surface area contributed by atoms with Gasteiger partial charge in [-0.15, -0.1) is 0 Å². The van der Waals surface area contributed by atoms with Gasteiger partial charge in [-0.3, -0.25) is 0 Å². The molecule has 3 nitrogen and oxygen atoms in total. The first-order valence-electron chi connectivity index (χ1n) is 7.18. The smallest absolute Gasteiger partial charge is 0.104 e. The molecule has 110 valence electrons. The highest BCUT2D eigenvalue weighted by atomic mass is 32.1. The number of nitrogens with two attached hydrogens (primary N) is 1. The summed E-state index contributed by atoms with van der Waals surface area (Å²) in [6, 6.07) is 12.5. The molecule has 0 aliphatic carbocycles. The van der Waals surface area contributed by atoms with Crippen molar-refractivity contribution in [2.45, 2.75) is 19.4 Å². The predicted molar refractivity (Wildman–Crippen MR) is 92.1 cm³/mol. The third-order valence-corrected chi connectivity index (χ3v) is 4.32. The van der Waals surface area contributed by atoms with Gasteiger partial charge in [0.25, 0.3) is 0 Å². The minimum absolute atomic E-state index is 0.0221. The average molecular weight is 300 g/mol. The molecule has 1 fully saturated rings. The summed E-state index contributed by atoms with van der Waals surface area (Å²) in [7, 11) is 0. The normalized spacial score (nSPS) is 17.9. The Kier molecular flexibility index (Phi) is 3.59. The van der Waals surface area contributed by atoms with Crippen molar-refractivity contribution in [3.63, 3.8) is 0 Å². The highest BCUT2D eigenvalue weighted by molar-refractivity contribution is 7.80. The van der Waals surface area contributed by atoms with E-state index >= 15 is 0 Å². The molecule has 0 atom stereocenters. The average Bonchev–Trinajstić information content (AvgIpc) is 2.46. The van der Waals surface area contributed by atoms with Crippen LogP contribution in [0.5, 0.6) is 0 Å². The fraction of sp³-hybridized carbons (Fsp3) is 0.353. The Morgan fingerprint density at radius 3 is 2.57 bits per heavy atom. The minimum atomic E-state index is -0.0221. The van der Waals surface area contributed by atoms with E-state index in [1.165, 1.54) is 11.1 Å². The van der Waals surface area contributed by atoms with Gasteiger partial charge in [0, 0.05) is 23.2 Å². The minimum Gasteiger partial charge on any atom is -0.389 e. The Morgan fingerprint density at radius 2 is 1.90 bits per heavy atom. The summed E-state index contributed by atoms with van der Waals surface area (Å²) < 4.78 is 5.63. The Morgan fingerprint density at radius 1 is 1.19 bits per heavy atom. The maximum Gasteiger partial charge on any atom is 0.104 e. The van der Waals surface area contributed by atoms with Crippen molar-refractivity contribution in [3.05, 3.63) is 42.0 Å². The fourth-order valence-corrected chi connectivity index (χ4v) is 3.22. The van der Waals surface area contributed by atoms with Crippen LogP contribution in [0, 0.1) is 0 Å². The molecule has 1 aliphatic rings. The summed E-state index contributed by atoms with van der Waals surface area (Å²) in [5.74, 6) is 0. The van der Waals surface area contributed by atoms with Crippen LogP contribution in [0.3, 0.4) is 0 Å². The van der Waals surface area contributed by atoms with Gasteiger partial charge in [-0.25, -0.2) is 0 Å². The molecule has 0 aromatic heterocycles. The van der Waals surface area contributed by atoms with Crippen molar-refractivity contribution in [3.8, 4) is 0 Å². The second kappa shape index (κ2) is 5.28. The van der Waals surface area contributed by atoms with E-state index in [-0.39, 0.29) is 5.54 Å². The molecule has 0 spiro atoms. The summed E-state index contributed by atoms with van der Waals surface area (Å²) in [6.07, 6.45) is 0. The first-order valence-corrected chi connectivity index (χ1v) is 7.58. The summed E-state index contributed by atoms with van der Waals surface area (Å²) in [6.45, 7) is 6.81. The number of hydrogen-bond donors (Lipinski definition) is 1. The third kappa shape index (κ3) is 2.49. The van der Waals surface area contributed by atoms with Crippen LogP contribution in [-0.2, 0) is 4.74 Å². The first kappa shape index (κ1) is 14.3. The second-order valence-corrected chi connectivity index (χ2v) is 6.50. The number of nitrogens with zero attached hydrogens (tertiary/aromatic N) is 1. The Balaban J connectivity index is 2.20. The topological polar surface area (TPSA) is 38.5 Å². The van der Waals surface area contributed by atoms with Crippen LogP contribution in [0.2, 0.25) is 0 Å². The van der Waals surface area contributed by atoms with Crippen LogP contribution in [0.4, 0.5) is 5.69 Å². The zero-order chi connectivity index (χ0) is 15.0. The SMILES string of the molecule is CC1(C)COCCN1c1ccc(C(N)=S)c2ccccc12. The maximum absolute atomic E-state index is 5.86. The van der Waals surface area contributed by atoms with Gasteiger partial charge < -0.3 is 15.4 Å². The van der Waals surface area contributed by atoms with Crippen LogP contribution in [0.15, 0.2) is 36.4 Å². The Hall–Kier alpha value is -1.65. The molecular formula is C17H20N2OS. The van der Waals surface area contributed by atoms with Crippen molar-refractivity contribution >= 4 is 33.7 Å². The molecule has 1 heterocycles. The van der Waals surface area contributed by atoms with Gasteiger partial charge >= 0.3 is 0 Å². The molecule has 0 unspecified atom stereocenters. The van der Waals surface area contributed by atoms with Gasteiger partial charge in [-0.1, -0.05) is 36.5 Å². The van der Waals surface area contributed by atoms with E-state index in [9.17, 15) is 0 Å². The number of anilines is 1. The van der Waals surface area contributed by atoms with Crippen molar-refractivity contribution in [2.24, 2.45) is 5.73 Å². The highest BCUT2D eigenvalue weighted by Gasteiger charge is 2.31. The van der Waals surface area contributed by atoms with Gasteiger partial charge in [0.1, 0.15) is 4.99 Å². The molecular weight excluding hydrogens is 280 g/mol. The zero-order valence-corrected chi connectivity index (χ0v) is 13.2. The lowest BCUT2D eigenvalue weighted by Gasteiger charge is -2.44. The monoisotopic (exact) mass is 300 g/mol. The summed E-state index contributed by atoms with van der Waals surface area (Å²) in [5, 5.41) is 2.31. The zero-order valence-electron chi connectivity index (χ0n) is 12.4. The van der Waals surface area contributed by atoms with Crippen molar-refractivity contribution < 1.29 is 4.74 Å². The van der Waals surface area contributed by atoms with Gasteiger partial charge in [-0.05, 0) is 31.4 Å². The quantitative estimate of drug-likeness (QED) is 0.865. The number of benzene rings is 2. The van der Waals surface area contributed by atoms with E-state index in [1.807, 2.05) is 12.1 Å². The third-order valence-electron chi connectivity index (χ3n) is 4.10. The summed E-state index contributed by atoms with van der Waals surface area (Å²) >= 11 is 5.18. The van der Waals surface area contributed by atoms with Crippen LogP contribution in [-0.4, -0.2) is 30.3 Å². The molecule has 21 heavy (non-hydrogen) atoms. The lowest BCUT2D eigenvalue weighted by atomic mass is 9.97. The van der Waals surface area contributed by atoms with Crippen LogP contribution >= 0.6 is 12.2 Å². The molecule has 2 aromatic rings. The van der Waals surface area contributed by atoms with E-state index < -0.39 is 0 Å². The molecule has 0 radical (unpaired) electrons. The molecule has 0 saturated carbocycles. The largest absolute Gasteiger partial charge is 0.389 e. The van der Waals surface area contributed by atoms with E-state index in [4.69, 9.17) is 22.7 Å². The summed E-state index contributed by atoms with van der Waals surface area (Å²) in [5.41, 5.74) is 8.00. The summed E-state index contributed by atoms with van der Waals surface area (Å²) in [4.78, 5) is 2.86. The second-order valence-electron chi connectivity index (χ2n) is 6.06. The van der Waals surface area contributed by atoms with Crippen molar-refractivity contribution in [1.29, 1.82) is 0 Å². The lowest BCUT2D eigenvalue weighted by Crippen LogP contribution is -2.53. The van der Waals surface area contributed by atoms with Crippen molar-refractivity contribution in [1.82, 2.24) is 0 Å². The van der Waals surface area contributed by atoms with E-state index in [0.717, 1.165) is 30.7 Å². The molecule has 3 rings (SSSR count). The standard InChI is InChI=1S/C17H20N2OS/c1-17(2)11-20-10-9-19(17)15-8-7-14(16(18)21)12-5-3-4-6-13(12)15/h3-8H,9-11H2,1-2H3,(H2,18,21). The Labute approximate surface area is 130 Å². The van der Waals surface area contributed by atoms with Crippen LogP contribution < -0.4 is 10.6 Å². The number of morpholine rings is 1. The van der Waals surface area contributed by atoms with Crippen LogP contribution in [0.1, 0.15) is 19.4 Å².